The van der Waals surface area contributed by atoms with E-state index in [1.165, 1.54) is 18.2 Å². The Hall–Kier alpha value is -1.76. The van der Waals surface area contributed by atoms with Gasteiger partial charge in [-0.15, -0.1) is 0 Å². The summed E-state index contributed by atoms with van der Waals surface area (Å²) in [5.41, 5.74) is -0.240. The van der Waals surface area contributed by atoms with E-state index in [0.717, 1.165) is 18.2 Å². The van der Waals surface area contributed by atoms with E-state index in [4.69, 9.17) is 5.26 Å². The van der Waals surface area contributed by atoms with Crippen LogP contribution in [0.2, 0.25) is 0 Å². The first kappa shape index (κ1) is 10.3. The highest BCUT2D eigenvalue weighted by Crippen LogP contribution is 2.21. The van der Waals surface area contributed by atoms with E-state index in [2.05, 4.69) is 0 Å². The summed E-state index contributed by atoms with van der Waals surface area (Å²) in [4.78, 5) is 0. The van der Waals surface area contributed by atoms with Crippen molar-refractivity contribution in [2.45, 2.75) is 6.43 Å². The van der Waals surface area contributed by atoms with Crippen LogP contribution in [-0.2, 0) is 0 Å². The molecule has 0 unspecified atom stereocenters. The first-order chi connectivity index (χ1) is 6.65. The predicted molar refractivity (Wildman–Crippen MR) is 46.0 cm³/mol. The van der Waals surface area contributed by atoms with E-state index in [-0.39, 0.29) is 5.56 Å². The highest BCUT2D eigenvalue weighted by Gasteiger charge is 2.12. The fraction of sp³-hybridized carbons (Fsp3) is 0.100. The van der Waals surface area contributed by atoms with E-state index in [0.29, 0.717) is 0 Å². The minimum atomic E-state index is -2.74. The van der Waals surface area contributed by atoms with E-state index in [1.54, 1.807) is 0 Å². The van der Waals surface area contributed by atoms with Gasteiger partial charge in [0.1, 0.15) is 5.82 Å². The largest absolute Gasteiger partial charge is 0.265 e. The van der Waals surface area contributed by atoms with Gasteiger partial charge in [0.25, 0.3) is 6.43 Å². The van der Waals surface area contributed by atoms with Crippen LogP contribution in [0.3, 0.4) is 0 Å². The smallest absolute Gasteiger partial charge is 0.207 e. The molecule has 0 amide bonds. The molecule has 0 aromatic heterocycles. The molecule has 0 bridgehead atoms. The Kier molecular flexibility index (Phi) is 3.29. The van der Waals surface area contributed by atoms with Crippen molar-refractivity contribution in [3.63, 3.8) is 0 Å². The third-order valence-corrected chi connectivity index (χ3v) is 1.63. The van der Waals surface area contributed by atoms with Crippen molar-refractivity contribution < 1.29 is 13.2 Å². The Balaban J connectivity index is 3.08. The van der Waals surface area contributed by atoms with Crippen LogP contribution in [0.25, 0.3) is 5.57 Å². The van der Waals surface area contributed by atoms with Gasteiger partial charge in [-0.3, -0.25) is 0 Å². The van der Waals surface area contributed by atoms with Gasteiger partial charge >= 0.3 is 0 Å². The highest BCUT2D eigenvalue weighted by atomic mass is 19.3. The maximum atomic E-state index is 12.5. The first-order valence-corrected chi connectivity index (χ1v) is 3.79. The molecule has 0 fully saturated rings. The molecular weight excluding hydrogens is 191 g/mol. The SMILES string of the molecule is N#CC=C(c1ccc(F)cc1)C(F)F. The van der Waals surface area contributed by atoms with Gasteiger partial charge in [-0.05, 0) is 17.7 Å². The second-order valence-corrected chi connectivity index (χ2v) is 2.54. The molecule has 0 spiro atoms. The van der Waals surface area contributed by atoms with Gasteiger partial charge in [0.2, 0.25) is 0 Å². The summed E-state index contributed by atoms with van der Waals surface area (Å²) in [6, 6.07) is 6.10. The van der Waals surface area contributed by atoms with Crippen LogP contribution in [0, 0.1) is 17.1 Å². The molecule has 72 valence electrons. The summed E-state index contributed by atoms with van der Waals surface area (Å²) in [6.07, 6.45) is -1.97. The van der Waals surface area contributed by atoms with Gasteiger partial charge in [-0.2, -0.15) is 5.26 Å². The number of nitriles is 1. The number of nitrogens with zero attached hydrogens (tertiary/aromatic N) is 1. The molecule has 0 aliphatic rings. The number of alkyl halides is 2. The maximum Gasteiger partial charge on any atom is 0.265 e. The van der Waals surface area contributed by atoms with Gasteiger partial charge < -0.3 is 0 Å². The number of halogens is 3. The molecule has 1 aromatic rings. The van der Waals surface area contributed by atoms with Crippen molar-refractivity contribution in [1.29, 1.82) is 5.26 Å². The van der Waals surface area contributed by atoms with Crippen LogP contribution in [0.1, 0.15) is 5.56 Å². The molecule has 1 aromatic carbocycles. The third kappa shape index (κ3) is 2.36. The molecule has 14 heavy (non-hydrogen) atoms. The molecule has 0 saturated carbocycles. The number of rotatable bonds is 2. The summed E-state index contributed by atoms with van der Waals surface area (Å²) < 4.78 is 37.2. The van der Waals surface area contributed by atoms with E-state index in [9.17, 15) is 13.2 Å². The zero-order valence-corrected chi connectivity index (χ0v) is 7.05. The molecule has 0 atom stereocenters. The van der Waals surface area contributed by atoms with E-state index >= 15 is 0 Å². The van der Waals surface area contributed by atoms with Crippen molar-refractivity contribution in [3.8, 4) is 6.07 Å². The van der Waals surface area contributed by atoms with Gasteiger partial charge in [-0.1, -0.05) is 12.1 Å². The number of hydrogen-bond donors (Lipinski definition) is 0. The van der Waals surface area contributed by atoms with Crippen molar-refractivity contribution >= 4 is 5.57 Å². The van der Waals surface area contributed by atoms with Crippen LogP contribution in [0.15, 0.2) is 30.3 Å². The van der Waals surface area contributed by atoms with Crippen LogP contribution >= 0.6 is 0 Å². The van der Waals surface area contributed by atoms with Crippen molar-refractivity contribution in [2.24, 2.45) is 0 Å². The molecule has 0 aliphatic carbocycles. The van der Waals surface area contributed by atoms with Gasteiger partial charge in [0, 0.05) is 11.6 Å². The lowest BCUT2D eigenvalue weighted by atomic mass is 10.1. The second kappa shape index (κ2) is 4.47. The number of benzene rings is 1. The Bertz CT molecular complexity index is 373. The lowest BCUT2D eigenvalue weighted by Crippen LogP contribution is -1.96. The lowest BCUT2D eigenvalue weighted by Gasteiger charge is -2.04. The molecule has 0 heterocycles. The Labute approximate surface area is 79.1 Å². The zero-order valence-electron chi connectivity index (χ0n) is 7.05. The third-order valence-electron chi connectivity index (χ3n) is 1.63. The molecule has 0 saturated heterocycles. The Morgan fingerprint density at radius 1 is 1.29 bits per heavy atom. The maximum absolute atomic E-state index is 12.5. The van der Waals surface area contributed by atoms with Gasteiger partial charge in [0.15, 0.2) is 0 Å². The first-order valence-electron chi connectivity index (χ1n) is 3.79. The topological polar surface area (TPSA) is 23.8 Å². The van der Waals surface area contributed by atoms with Crippen LogP contribution in [0.5, 0.6) is 0 Å². The summed E-state index contributed by atoms with van der Waals surface area (Å²) in [5.74, 6) is -0.501. The van der Waals surface area contributed by atoms with Crippen LogP contribution < -0.4 is 0 Å². The average molecular weight is 197 g/mol. The minimum absolute atomic E-state index is 0.156. The van der Waals surface area contributed by atoms with Crippen molar-refractivity contribution in [1.82, 2.24) is 0 Å². The average Bonchev–Trinajstić information content (AvgIpc) is 2.15. The fourth-order valence-corrected chi connectivity index (χ4v) is 0.984. The van der Waals surface area contributed by atoms with Crippen molar-refractivity contribution in [2.75, 3.05) is 0 Å². The number of hydrogen-bond acceptors (Lipinski definition) is 1. The normalized spacial score (nSPS) is 11.5. The molecule has 1 rings (SSSR count). The molecule has 0 radical (unpaired) electrons. The summed E-state index contributed by atoms with van der Waals surface area (Å²) >= 11 is 0. The Morgan fingerprint density at radius 3 is 2.29 bits per heavy atom. The van der Waals surface area contributed by atoms with E-state index in [1.807, 2.05) is 0 Å². The van der Waals surface area contributed by atoms with Crippen LogP contribution in [-0.4, -0.2) is 6.43 Å². The number of allylic oxidation sites excluding steroid dienone is 2. The Morgan fingerprint density at radius 2 is 1.86 bits per heavy atom. The summed E-state index contributed by atoms with van der Waals surface area (Å²) in [7, 11) is 0. The fourth-order valence-electron chi connectivity index (χ4n) is 0.984. The highest BCUT2D eigenvalue weighted by molar-refractivity contribution is 5.69. The van der Waals surface area contributed by atoms with Gasteiger partial charge in [0.05, 0.1) is 6.07 Å². The standard InChI is InChI=1S/C10H6F3N/c11-8-3-1-7(2-4-8)9(5-6-14)10(12)13/h1-5,10H. The lowest BCUT2D eigenvalue weighted by molar-refractivity contribution is 0.215. The quantitative estimate of drug-likeness (QED) is 0.668. The molecule has 1 nitrogen and oxygen atoms in total. The molecule has 0 N–H and O–H groups in total. The monoisotopic (exact) mass is 197 g/mol. The van der Waals surface area contributed by atoms with Crippen molar-refractivity contribution in [3.05, 3.63) is 41.7 Å². The molecule has 4 heteroatoms. The summed E-state index contributed by atoms with van der Waals surface area (Å²) in [5, 5.41) is 8.27. The predicted octanol–water partition coefficient (Wildman–Crippen LogP) is 3.00. The minimum Gasteiger partial charge on any atom is -0.207 e. The zero-order chi connectivity index (χ0) is 10.6. The summed E-state index contributed by atoms with van der Waals surface area (Å²) in [6.45, 7) is 0. The van der Waals surface area contributed by atoms with E-state index < -0.39 is 17.8 Å². The molecule has 0 aliphatic heterocycles. The molecular formula is C10H6F3N. The second-order valence-electron chi connectivity index (χ2n) is 2.54. The van der Waals surface area contributed by atoms with Gasteiger partial charge in [-0.25, -0.2) is 13.2 Å². The van der Waals surface area contributed by atoms with Crippen LogP contribution in [0.4, 0.5) is 13.2 Å².